The number of ether oxygens (including phenoxy) is 1. The van der Waals surface area contributed by atoms with Gasteiger partial charge in [-0.25, -0.2) is 9.97 Å². The number of aldehydes is 1. The van der Waals surface area contributed by atoms with Crippen LogP contribution in [0, 0.1) is 0 Å². The first-order chi connectivity index (χ1) is 6.72. The average Bonchev–Trinajstić information content (AvgIpc) is 2.20. The van der Waals surface area contributed by atoms with Crippen molar-refractivity contribution >= 4 is 29.6 Å². The van der Waals surface area contributed by atoms with Gasteiger partial charge < -0.3 is 4.74 Å². The fourth-order valence-corrected chi connectivity index (χ4v) is 1.52. The minimum absolute atomic E-state index is 0.174. The monoisotopic (exact) mass is 232 g/mol. The summed E-state index contributed by atoms with van der Waals surface area (Å²) >= 11 is 7.14. The number of carbonyl (C=O) groups is 1. The van der Waals surface area contributed by atoms with Crippen LogP contribution >= 0.6 is 23.4 Å². The van der Waals surface area contributed by atoms with Crippen molar-refractivity contribution in [2.24, 2.45) is 0 Å². The second-order valence-corrected chi connectivity index (χ2v) is 3.40. The zero-order valence-electron chi connectivity index (χ0n) is 7.78. The molecule has 6 heteroatoms. The van der Waals surface area contributed by atoms with E-state index in [1.165, 1.54) is 11.8 Å². The molecule has 0 aliphatic carbocycles. The molecule has 0 radical (unpaired) electrons. The number of rotatable bonds is 4. The highest BCUT2D eigenvalue weighted by Gasteiger charge is 2.12. The fourth-order valence-electron chi connectivity index (χ4n) is 0.868. The zero-order chi connectivity index (χ0) is 10.6. The summed E-state index contributed by atoms with van der Waals surface area (Å²) in [5.74, 6) is 0.252. The predicted molar refractivity (Wildman–Crippen MR) is 55.4 cm³/mol. The lowest BCUT2D eigenvalue weighted by Gasteiger charge is -2.07. The summed E-state index contributed by atoms with van der Waals surface area (Å²) in [5.41, 5.74) is 0.191. The van der Waals surface area contributed by atoms with Crippen molar-refractivity contribution in [2.45, 2.75) is 12.1 Å². The van der Waals surface area contributed by atoms with Gasteiger partial charge in [-0.3, -0.25) is 4.79 Å². The Bertz CT molecular complexity index is 346. The third-order valence-corrected chi connectivity index (χ3v) is 2.22. The maximum atomic E-state index is 10.7. The van der Waals surface area contributed by atoms with Crippen LogP contribution in [0.2, 0.25) is 5.15 Å². The number of thioether (sulfide) groups is 1. The third kappa shape index (κ3) is 2.36. The largest absolute Gasteiger partial charge is 0.488 e. The maximum Gasteiger partial charge on any atom is 0.189 e. The lowest BCUT2D eigenvalue weighted by atomic mass is 10.4. The molecule has 14 heavy (non-hydrogen) atoms. The SMILES string of the molecule is CCOc1c(Cl)nc(SC)nc1C=O. The lowest BCUT2D eigenvalue weighted by molar-refractivity contribution is 0.111. The van der Waals surface area contributed by atoms with E-state index in [2.05, 4.69) is 9.97 Å². The Morgan fingerprint density at radius 1 is 1.57 bits per heavy atom. The second kappa shape index (κ2) is 5.17. The molecule has 0 aliphatic heterocycles. The number of hydrogen-bond acceptors (Lipinski definition) is 5. The number of aromatic nitrogens is 2. The molecule has 1 aromatic heterocycles. The summed E-state index contributed by atoms with van der Waals surface area (Å²) in [5, 5.41) is 0.633. The Labute approximate surface area is 91.0 Å². The molecule has 76 valence electrons. The van der Waals surface area contributed by atoms with Crippen LogP contribution in [0.3, 0.4) is 0 Å². The van der Waals surface area contributed by atoms with Crippen LogP contribution in [0.1, 0.15) is 17.4 Å². The van der Waals surface area contributed by atoms with Gasteiger partial charge in [0.2, 0.25) is 0 Å². The standard InChI is InChI=1S/C8H9ClN2O2S/c1-3-13-6-5(4-12)10-8(14-2)11-7(6)9/h4H,3H2,1-2H3. The van der Waals surface area contributed by atoms with E-state index in [-0.39, 0.29) is 16.6 Å². The molecule has 1 aromatic rings. The van der Waals surface area contributed by atoms with E-state index in [9.17, 15) is 4.79 Å². The van der Waals surface area contributed by atoms with Gasteiger partial charge in [0, 0.05) is 0 Å². The molecule has 0 fully saturated rings. The van der Waals surface area contributed by atoms with Crippen molar-refractivity contribution in [1.29, 1.82) is 0 Å². The van der Waals surface area contributed by atoms with Crippen molar-refractivity contribution in [2.75, 3.05) is 12.9 Å². The van der Waals surface area contributed by atoms with E-state index >= 15 is 0 Å². The van der Waals surface area contributed by atoms with Gasteiger partial charge >= 0.3 is 0 Å². The van der Waals surface area contributed by atoms with Crippen LogP contribution in [0.25, 0.3) is 0 Å². The van der Waals surface area contributed by atoms with Gasteiger partial charge in [0.1, 0.15) is 0 Å². The van der Waals surface area contributed by atoms with E-state index in [0.29, 0.717) is 18.0 Å². The van der Waals surface area contributed by atoms with Gasteiger partial charge in [0.25, 0.3) is 0 Å². The van der Waals surface area contributed by atoms with E-state index in [4.69, 9.17) is 16.3 Å². The van der Waals surface area contributed by atoms with Gasteiger partial charge in [-0.2, -0.15) is 0 Å². The van der Waals surface area contributed by atoms with Gasteiger partial charge in [0.15, 0.2) is 28.0 Å². The number of hydrogen-bond donors (Lipinski definition) is 0. The first kappa shape index (κ1) is 11.3. The third-order valence-electron chi connectivity index (χ3n) is 1.41. The van der Waals surface area contributed by atoms with Crippen molar-refractivity contribution in [1.82, 2.24) is 9.97 Å². The summed E-state index contributed by atoms with van der Waals surface area (Å²) in [6, 6.07) is 0. The molecule has 0 bridgehead atoms. The quantitative estimate of drug-likeness (QED) is 0.344. The number of halogens is 1. The molecule has 0 unspecified atom stereocenters. The molecule has 0 amide bonds. The van der Waals surface area contributed by atoms with E-state index < -0.39 is 0 Å². The Hall–Kier alpha value is -0.810. The molecule has 1 heterocycles. The number of carbonyl (C=O) groups excluding carboxylic acids is 1. The number of nitrogens with zero attached hydrogens (tertiary/aromatic N) is 2. The summed E-state index contributed by atoms with van der Waals surface area (Å²) in [6.07, 6.45) is 2.42. The summed E-state index contributed by atoms with van der Waals surface area (Å²) in [7, 11) is 0. The van der Waals surface area contributed by atoms with Crippen molar-refractivity contribution in [3.05, 3.63) is 10.8 Å². The minimum atomic E-state index is 0.174. The molecule has 0 saturated carbocycles. The molecule has 1 rings (SSSR count). The van der Waals surface area contributed by atoms with Crippen LogP contribution < -0.4 is 4.74 Å². The van der Waals surface area contributed by atoms with Crippen LogP contribution in [0.15, 0.2) is 5.16 Å². The summed E-state index contributed by atoms with van der Waals surface area (Å²) in [6.45, 7) is 2.22. The van der Waals surface area contributed by atoms with Crippen LogP contribution in [-0.4, -0.2) is 29.1 Å². The highest BCUT2D eigenvalue weighted by atomic mass is 35.5. The summed E-state index contributed by atoms with van der Waals surface area (Å²) in [4.78, 5) is 18.6. The molecule has 0 atom stereocenters. The van der Waals surface area contributed by atoms with Crippen LogP contribution in [0.5, 0.6) is 5.75 Å². The molecule has 0 saturated heterocycles. The average molecular weight is 233 g/mol. The molecular weight excluding hydrogens is 224 g/mol. The first-order valence-corrected chi connectivity index (χ1v) is 5.52. The Morgan fingerprint density at radius 3 is 2.79 bits per heavy atom. The molecule has 0 aliphatic rings. The molecule has 0 N–H and O–H groups in total. The normalized spacial score (nSPS) is 9.93. The maximum absolute atomic E-state index is 10.7. The fraction of sp³-hybridized carbons (Fsp3) is 0.375. The highest BCUT2D eigenvalue weighted by Crippen LogP contribution is 2.26. The summed E-state index contributed by atoms with van der Waals surface area (Å²) < 4.78 is 5.16. The second-order valence-electron chi connectivity index (χ2n) is 2.27. The van der Waals surface area contributed by atoms with Crippen molar-refractivity contribution < 1.29 is 9.53 Å². The topological polar surface area (TPSA) is 52.1 Å². The molecule has 4 nitrogen and oxygen atoms in total. The van der Waals surface area contributed by atoms with Crippen molar-refractivity contribution in [3.63, 3.8) is 0 Å². The molecule has 0 spiro atoms. The van der Waals surface area contributed by atoms with Gasteiger partial charge in [-0.05, 0) is 13.2 Å². The predicted octanol–water partition coefficient (Wildman–Crippen LogP) is 2.06. The van der Waals surface area contributed by atoms with Gasteiger partial charge in [-0.15, -0.1) is 0 Å². The lowest BCUT2D eigenvalue weighted by Crippen LogP contribution is -2.02. The smallest absolute Gasteiger partial charge is 0.189 e. The van der Waals surface area contributed by atoms with Crippen molar-refractivity contribution in [3.8, 4) is 5.75 Å². The molecular formula is C8H9ClN2O2S. The Kier molecular flexibility index (Phi) is 4.16. The van der Waals surface area contributed by atoms with Gasteiger partial charge in [0.05, 0.1) is 6.61 Å². The van der Waals surface area contributed by atoms with E-state index in [0.717, 1.165) is 0 Å². The molecule has 0 aromatic carbocycles. The van der Waals surface area contributed by atoms with Crippen LogP contribution in [-0.2, 0) is 0 Å². The van der Waals surface area contributed by atoms with Crippen LogP contribution in [0.4, 0.5) is 0 Å². The highest BCUT2D eigenvalue weighted by molar-refractivity contribution is 7.98. The minimum Gasteiger partial charge on any atom is -0.488 e. The Balaban J connectivity index is 3.19. The van der Waals surface area contributed by atoms with Gasteiger partial charge in [-0.1, -0.05) is 23.4 Å². The zero-order valence-corrected chi connectivity index (χ0v) is 9.35. The van der Waals surface area contributed by atoms with E-state index in [1.54, 1.807) is 13.2 Å². The van der Waals surface area contributed by atoms with E-state index in [1.807, 2.05) is 0 Å². The Morgan fingerprint density at radius 2 is 2.29 bits per heavy atom. The first-order valence-electron chi connectivity index (χ1n) is 3.92.